The third-order valence-electron chi connectivity index (χ3n) is 4.52. The van der Waals surface area contributed by atoms with Gasteiger partial charge in [-0.2, -0.15) is 0 Å². The molecular formula is C16H23NO. The van der Waals surface area contributed by atoms with E-state index in [1.165, 1.54) is 43.2 Å². The maximum absolute atomic E-state index is 6.26. The molecule has 1 N–H and O–H groups in total. The van der Waals surface area contributed by atoms with Gasteiger partial charge in [-0.15, -0.1) is 0 Å². The smallest absolute Gasteiger partial charge is 0.122 e. The molecule has 2 fully saturated rings. The second kappa shape index (κ2) is 4.93. The highest BCUT2D eigenvalue weighted by Crippen LogP contribution is 2.30. The molecule has 1 aromatic carbocycles. The molecule has 2 bridgehead atoms. The van der Waals surface area contributed by atoms with E-state index in [2.05, 4.69) is 37.4 Å². The molecule has 2 aliphatic heterocycles. The summed E-state index contributed by atoms with van der Waals surface area (Å²) in [6, 6.07) is 7.74. The predicted octanol–water partition coefficient (Wildman–Crippen LogP) is 3.36. The highest BCUT2D eigenvalue weighted by atomic mass is 16.5. The van der Waals surface area contributed by atoms with Crippen molar-refractivity contribution in [2.45, 2.75) is 64.1 Å². The molecule has 0 amide bonds. The molecule has 0 radical (unpaired) electrons. The van der Waals surface area contributed by atoms with Crippen molar-refractivity contribution >= 4 is 0 Å². The van der Waals surface area contributed by atoms with Gasteiger partial charge in [0.05, 0.1) is 0 Å². The molecule has 0 saturated carbocycles. The molecule has 3 atom stereocenters. The average Bonchev–Trinajstić information content (AvgIpc) is 2.35. The number of rotatable bonds is 2. The number of nitrogens with one attached hydrogen (secondary N) is 1. The van der Waals surface area contributed by atoms with Crippen molar-refractivity contribution in [3.63, 3.8) is 0 Å². The Kier molecular flexibility index (Phi) is 3.29. The summed E-state index contributed by atoms with van der Waals surface area (Å²) in [6.07, 6.45) is 6.78. The van der Waals surface area contributed by atoms with E-state index in [1.54, 1.807) is 0 Å². The lowest BCUT2D eigenvalue weighted by Gasteiger charge is -2.40. The third kappa shape index (κ3) is 2.39. The third-order valence-corrected chi connectivity index (χ3v) is 4.52. The van der Waals surface area contributed by atoms with Gasteiger partial charge in [-0.25, -0.2) is 0 Å². The summed E-state index contributed by atoms with van der Waals surface area (Å²) in [5.74, 6) is 1.08. The quantitative estimate of drug-likeness (QED) is 0.862. The molecule has 2 nitrogen and oxygen atoms in total. The topological polar surface area (TPSA) is 21.3 Å². The SMILES string of the molecule is Cc1cccc(O[C@H]2C[C@H]3CCC[C@@H](C2)N3)c1C. The molecule has 1 aromatic rings. The normalized spacial score (nSPS) is 31.1. The molecule has 2 aliphatic rings. The lowest BCUT2D eigenvalue weighted by atomic mass is 9.85. The standard InChI is InChI=1S/C16H23NO/c1-11-5-3-8-16(12(11)2)18-15-9-13-6-4-7-14(10-15)17-13/h3,5,8,13-15,17H,4,6-7,9-10H2,1-2H3/t13-,14+,15+. The summed E-state index contributed by atoms with van der Waals surface area (Å²) < 4.78 is 6.26. The zero-order valence-electron chi connectivity index (χ0n) is 11.4. The molecule has 2 heterocycles. The van der Waals surface area contributed by atoms with Gasteiger partial charge in [0, 0.05) is 12.1 Å². The van der Waals surface area contributed by atoms with E-state index in [9.17, 15) is 0 Å². The summed E-state index contributed by atoms with van der Waals surface area (Å²) in [7, 11) is 0. The summed E-state index contributed by atoms with van der Waals surface area (Å²) in [5.41, 5.74) is 2.61. The van der Waals surface area contributed by atoms with Gasteiger partial charge in [-0.1, -0.05) is 18.6 Å². The summed E-state index contributed by atoms with van der Waals surface area (Å²) >= 11 is 0. The number of ether oxygens (including phenoxy) is 1. The first-order chi connectivity index (χ1) is 8.72. The Bertz CT molecular complexity index is 417. The van der Waals surface area contributed by atoms with E-state index in [-0.39, 0.29) is 0 Å². The zero-order chi connectivity index (χ0) is 12.5. The van der Waals surface area contributed by atoms with Crippen molar-refractivity contribution in [2.24, 2.45) is 0 Å². The van der Waals surface area contributed by atoms with Gasteiger partial charge in [0.2, 0.25) is 0 Å². The zero-order valence-corrected chi connectivity index (χ0v) is 11.4. The second-order valence-electron chi connectivity index (χ2n) is 5.90. The van der Waals surface area contributed by atoms with E-state index in [4.69, 9.17) is 4.74 Å². The molecule has 0 aliphatic carbocycles. The minimum atomic E-state index is 0.405. The Labute approximate surface area is 110 Å². The van der Waals surface area contributed by atoms with Crippen LogP contribution in [0, 0.1) is 13.8 Å². The maximum atomic E-state index is 6.26. The number of hydrogen-bond donors (Lipinski definition) is 1. The van der Waals surface area contributed by atoms with Gasteiger partial charge >= 0.3 is 0 Å². The van der Waals surface area contributed by atoms with E-state index in [0.717, 1.165) is 5.75 Å². The minimum absolute atomic E-state index is 0.405. The molecule has 2 heteroatoms. The van der Waals surface area contributed by atoms with Crippen LogP contribution in [0.25, 0.3) is 0 Å². The van der Waals surface area contributed by atoms with Crippen LogP contribution in [0.5, 0.6) is 5.75 Å². The van der Waals surface area contributed by atoms with Crippen LogP contribution < -0.4 is 10.1 Å². The monoisotopic (exact) mass is 245 g/mol. The van der Waals surface area contributed by atoms with E-state index < -0.39 is 0 Å². The minimum Gasteiger partial charge on any atom is -0.490 e. The van der Waals surface area contributed by atoms with E-state index in [0.29, 0.717) is 18.2 Å². The fourth-order valence-corrected chi connectivity index (χ4v) is 3.34. The van der Waals surface area contributed by atoms with Crippen LogP contribution in [-0.4, -0.2) is 18.2 Å². The molecule has 0 aromatic heterocycles. The highest BCUT2D eigenvalue weighted by molar-refractivity contribution is 5.38. The fraction of sp³-hybridized carbons (Fsp3) is 0.625. The average molecular weight is 245 g/mol. The van der Waals surface area contributed by atoms with Crippen molar-refractivity contribution in [3.8, 4) is 5.75 Å². The second-order valence-corrected chi connectivity index (χ2v) is 5.90. The number of benzene rings is 1. The molecule has 3 rings (SSSR count). The number of aryl methyl sites for hydroxylation is 1. The molecule has 98 valence electrons. The molecule has 2 saturated heterocycles. The first kappa shape index (κ1) is 12.0. The van der Waals surface area contributed by atoms with Gasteiger partial charge in [-0.3, -0.25) is 0 Å². The van der Waals surface area contributed by atoms with Crippen LogP contribution in [0.2, 0.25) is 0 Å². The van der Waals surface area contributed by atoms with Crippen LogP contribution in [-0.2, 0) is 0 Å². The summed E-state index contributed by atoms with van der Waals surface area (Å²) in [6.45, 7) is 4.31. The van der Waals surface area contributed by atoms with Gasteiger partial charge in [0.15, 0.2) is 0 Å². The lowest BCUT2D eigenvalue weighted by Crippen LogP contribution is -2.51. The van der Waals surface area contributed by atoms with Gasteiger partial charge < -0.3 is 10.1 Å². The Balaban J connectivity index is 1.71. The summed E-state index contributed by atoms with van der Waals surface area (Å²) in [4.78, 5) is 0. The summed E-state index contributed by atoms with van der Waals surface area (Å²) in [5, 5.41) is 3.71. The Hall–Kier alpha value is -1.02. The molecule has 0 unspecified atom stereocenters. The Morgan fingerprint density at radius 3 is 2.56 bits per heavy atom. The largest absolute Gasteiger partial charge is 0.490 e. The van der Waals surface area contributed by atoms with Crippen molar-refractivity contribution < 1.29 is 4.74 Å². The van der Waals surface area contributed by atoms with Crippen molar-refractivity contribution in [1.82, 2.24) is 5.32 Å². The van der Waals surface area contributed by atoms with Gasteiger partial charge in [-0.05, 0) is 56.7 Å². The molecular weight excluding hydrogens is 222 g/mol. The predicted molar refractivity (Wildman–Crippen MR) is 74.1 cm³/mol. The van der Waals surface area contributed by atoms with Crippen LogP contribution in [0.1, 0.15) is 43.2 Å². The number of piperidine rings is 2. The van der Waals surface area contributed by atoms with E-state index >= 15 is 0 Å². The van der Waals surface area contributed by atoms with Crippen molar-refractivity contribution in [1.29, 1.82) is 0 Å². The van der Waals surface area contributed by atoms with Gasteiger partial charge in [0.1, 0.15) is 11.9 Å². The van der Waals surface area contributed by atoms with E-state index in [1.807, 2.05) is 0 Å². The lowest BCUT2D eigenvalue weighted by molar-refractivity contribution is 0.0921. The van der Waals surface area contributed by atoms with Crippen LogP contribution >= 0.6 is 0 Å². The van der Waals surface area contributed by atoms with Crippen molar-refractivity contribution in [2.75, 3.05) is 0 Å². The van der Waals surface area contributed by atoms with Crippen LogP contribution in [0.4, 0.5) is 0 Å². The Morgan fingerprint density at radius 2 is 1.83 bits per heavy atom. The maximum Gasteiger partial charge on any atom is 0.122 e. The molecule has 18 heavy (non-hydrogen) atoms. The molecule has 0 spiro atoms. The number of fused-ring (bicyclic) bond motifs is 2. The first-order valence-corrected chi connectivity index (χ1v) is 7.21. The highest BCUT2D eigenvalue weighted by Gasteiger charge is 2.32. The number of hydrogen-bond acceptors (Lipinski definition) is 2. The van der Waals surface area contributed by atoms with Crippen molar-refractivity contribution in [3.05, 3.63) is 29.3 Å². The van der Waals surface area contributed by atoms with Crippen LogP contribution in [0.15, 0.2) is 18.2 Å². The van der Waals surface area contributed by atoms with Gasteiger partial charge in [0.25, 0.3) is 0 Å². The van der Waals surface area contributed by atoms with Crippen LogP contribution in [0.3, 0.4) is 0 Å². The fourth-order valence-electron chi connectivity index (χ4n) is 3.34. The Morgan fingerprint density at radius 1 is 1.11 bits per heavy atom. The first-order valence-electron chi connectivity index (χ1n) is 7.21.